The first kappa shape index (κ1) is 10.6. The maximum absolute atomic E-state index is 8.90. The van der Waals surface area contributed by atoms with E-state index in [-0.39, 0.29) is 6.61 Å². The molecule has 1 aromatic heterocycles. The highest BCUT2D eigenvalue weighted by Crippen LogP contribution is 2.20. The van der Waals surface area contributed by atoms with Crippen LogP contribution in [0.25, 0.3) is 0 Å². The Kier molecular flexibility index (Phi) is 3.33. The van der Waals surface area contributed by atoms with Crippen molar-refractivity contribution >= 4 is 0 Å². The first-order chi connectivity index (χ1) is 7.33. The normalized spacial score (nSPS) is 22.4. The van der Waals surface area contributed by atoms with Crippen LogP contribution in [0.4, 0.5) is 0 Å². The summed E-state index contributed by atoms with van der Waals surface area (Å²) in [7, 11) is 0. The number of aliphatic hydroxyl groups is 1. The van der Waals surface area contributed by atoms with Gasteiger partial charge in [-0.1, -0.05) is 12.1 Å². The van der Waals surface area contributed by atoms with Gasteiger partial charge in [-0.2, -0.15) is 0 Å². The predicted molar refractivity (Wildman–Crippen MR) is 56.3 cm³/mol. The quantitative estimate of drug-likeness (QED) is 0.783. The van der Waals surface area contributed by atoms with E-state index in [2.05, 4.69) is 22.1 Å². The lowest BCUT2D eigenvalue weighted by Gasteiger charge is -2.14. The Labute approximate surface area is 89.7 Å². The van der Waals surface area contributed by atoms with Crippen LogP contribution in [0.5, 0.6) is 0 Å². The summed E-state index contributed by atoms with van der Waals surface area (Å²) in [6.45, 7) is 5.55. The number of rotatable bonds is 4. The number of aliphatic hydroxyl groups excluding tert-OH is 1. The van der Waals surface area contributed by atoms with Crippen molar-refractivity contribution in [3.63, 3.8) is 0 Å². The third kappa shape index (κ3) is 2.35. The molecule has 0 aromatic carbocycles. The average molecular weight is 210 g/mol. The summed E-state index contributed by atoms with van der Waals surface area (Å²) in [6, 6.07) is 0.435. The molecular formula is C10H18N4O. The minimum Gasteiger partial charge on any atom is -0.390 e. The SMILES string of the molecule is CCCN1CC[C@H](n2cc(CO)nn2)C1. The van der Waals surface area contributed by atoms with Crippen LogP contribution in [0.2, 0.25) is 0 Å². The van der Waals surface area contributed by atoms with E-state index in [1.54, 1.807) is 0 Å². The van der Waals surface area contributed by atoms with Crippen LogP contribution in [-0.2, 0) is 6.61 Å². The molecule has 5 nitrogen and oxygen atoms in total. The summed E-state index contributed by atoms with van der Waals surface area (Å²) in [4.78, 5) is 2.45. The molecule has 15 heavy (non-hydrogen) atoms. The van der Waals surface area contributed by atoms with Crippen LogP contribution in [0, 0.1) is 0 Å². The maximum atomic E-state index is 8.90. The Balaban J connectivity index is 1.95. The fourth-order valence-corrected chi connectivity index (χ4v) is 2.11. The number of likely N-dealkylation sites (tertiary alicyclic amines) is 1. The molecular weight excluding hydrogens is 192 g/mol. The Morgan fingerprint density at radius 2 is 2.47 bits per heavy atom. The van der Waals surface area contributed by atoms with Crippen LogP contribution in [0.15, 0.2) is 6.20 Å². The summed E-state index contributed by atoms with van der Waals surface area (Å²) in [5.41, 5.74) is 0.656. The Morgan fingerprint density at radius 3 is 3.13 bits per heavy atom. The largest absolute Gasteiger partial charge is 0.390 e. The van der Waals surface area contributed by atoms with Crippen molar-refractivity contribution in [2.24, 2.45) is 0 Å². The van der Waals surface area contributed by atoms with Crippen molar-refractivity contribution in [3.05, 3.63) is 11.9 Å². The topological polar surface area (TPSA) is 54.2 Å². The van der Waals surface area contributed by atoms with Crippen molar-refractivity contribution in [1.29, 1.82) is 0 Å². The highest BCUT2D eigenvalue weighted by molar-refractivity contribution is 4.92. The molecule has 0 spiro atoms. The molecule has 1 N–H and O–H groups in total. The van der Waals surface area contributed by atoms with Crippen LogP contribution >= 0.6 is 0 Å². The molecule has 2 rings (SSSR count). The van der Waals surface area contributed by atoms with Crippen LogP contribution in [0.3, 0.4) is 0 Å². The maximum Gasteiger partial charge on any atom is 0.108 e. The van der Waals surface area contributed by atoms with Crippen molar-refractivity contribution in [3.8, 4) is 0 Å². The van der Waals surface area contributed by atoms with Crippen LogP contribution in [0.1, 0.15) is 31.5 Å². The van der Waals surface area contributed by atoms with E-state index < -0.39 is 0 Å². The zero-order chi connectivity index (χ0) is 10.7. The second-order valence-corrected chi connectivity index (χ2v) is 4.09. The Hall–Kier alpha value is -0.940. The molecule has 1 fully saturated rings. The van der Waals surface area contributed by atoms with Gasteiger partial charge in [0.15, 0.2) is 0 Å². The van der Waals surface area contributed by atoms with Gasteiger partial charge >= 0.3 is 0 Å². The number of hydrogen-bond donors (Lipinski definition) is 1. The van der Waals surface area contributed by atoms with Crippen molar-refractivity contribution in [1.82, 2.24) is 19.9 Å². The van der Waals surface area contributed by atoms with Gasteiger partial charge in [0, 0.05) is 13.1 Å². The molecule has 1 aliphatic heterocycles. The van der Waals surface area contributed by atoms with Gasteiger partial charge in [0.25, 0.3) is 0 Å². The second-order valence-electron chi connectivity index (χ2n) is 4.09. The molecule has 0 bridgehead atoms. The van der Waals surface area contributed by atoms with E-state index in [1.165, 1.54) is 6.42 Å². The standard InChI is InChI=1S/C10H18N4O/c1-2-4-13-5-3-10(7-13)14-6-9(8-15)11-12-14/h6,10,15H,2-5,7-8H2,1H3/t10-/m0/s1. The third-order valence-electron chi connectivity index (χ3n) is 2.88. The summed E-state index contributed by atoms with van der Waals surface area (Å²) in [6.07, 6.45) is 4.18. The lowest BCUT2D eigenvalue weighted by atomic mass is 10.3. The molecule has 84 valence electrons. The third-order valence-corrected chi connectivity index (χ3v) is 2.88. The molecule has 0 saturated carbocycles. The summed E-state index contributed by atoms with van der Waals surface area (Å²) in [5, 5.41) is 16.8. The summed E-state index contributed by atoms with van der Waals surface area (Å²) in [5.74, 6) is 0. The van der Waals surface area contributed by atoms with Gasteiger partial charge in [-0.15, -0.1) is 5.10 Å². The Bertz CT molecular complexity index is 312. The number of aromatic nitrogens is 3. The molecule has 0 amide bonds. The van der Waals surface area contributed by atoms with Gasteiger partial charge in [-0.05, 0) is 19.4 Å². The minimum atomic E-state index is -0.0224. The highest BCUT2D eigenvalue weighted by Gasteiger charge is 2.23. The zero-order valence-corrected chi connectivity index (χ0v) is 9.13. The fraction of sp³-hybridized carbons (Fsp3) is 0.800. The summed E-state index contributed by atoms with van der Waals surface area (Å²) >= 11 is 0. The molecule has 0 aliphatic carbocycles. The summed E-state index contributed by atoms with van der Waals surface area (Å²) < 4.78 is 1.89. The second kappa shape index (κ2) is 4.72. The predicted octanol–water partition coefficient (Wildman–Crippen LogP) is 0.427. The fourth-order valence-electron chi connectivity index (χ4n) is 2.11. The van der Waals surface area contributed by atoms with E-state index in [9.17, 15) is 0 Å². The molecule has 2 heterocycles. The zero-order valence-electron chi connectivity index (χ0n) is 9.13. The smallest absolute Gasteiger partial charge is 0.108 e. The number of nitrogens with zero attached hydrogens (tertiary/aromatic N) is 4. The van der Waals surface area contributed by atoms with E-state index in [0.29, 0.717) is 11.7 Å². The van der Waals surface area contributed by atoms with Gasteiger partial charge in [-0.3, -0.25) is 0 Å². The van der Waals surface area contributed by atoms with Crippen LogP contribution in [-0.4, -0.2) is 44.6 Å². The van der Waals surface area contributed by atoms with Gasteiger partial charge in [0.2, 0.25) is 0 Å². The first-order valence-corrected chi connectivity index (χ1v) is 5.57. The van der Waals surface area contributed by atoms with Crippen molar-refractivity contribution in [2.45, 2.75) is 32.4 Å². The average Bonchev–Trinajstić information content (AvgIpc) is 2.85. The van der Waals surface area contributed by atoms with E-state index >= 15 is 0 Å². The lowest BCUT2D eigenvalue weighted by Crippen LogP contribution is -2.22. The lowest BCUT2D eigenvalue weighted by molar-refractivity contribution is 0.276. The Morgan fingerprint density at radius 1 is 1.60 bits per heavy atom. The minimum absolute atomic E-state index is 0.0224. The van der Waals surface area contributed by atoms with Crippen LogP contribution < -0.4 is 0 Å². The first-order valence-electron chi connectivity index (χ1n) is 5.57. The van der Waals surface area contributed by atoms with Gasteiger partial charge in [-0.25, -0.2) is 4.68 Å². The molecule has 0 radical (unpaired) electrons. The van der Waals surface area contributed by atoms with Crippen molar-refractivity contribution in [2.75, 3.05) is 19.6 Å². The van der Waals surface area contributed by atoms with Gasteiger partial charge in [0.1, 0.15) is 5.69 Å². The highest BCUT2D eigenvalue weighted by atomic mass is 16.3. The molecule has 1 atom stereocenters. The molecule has 1 aromatic rings. The van der Waals surface area contributed by atoms with Gasteiger partial charge in [0.05, 0.1) is 18.8 Å². The number of hydrogen-bond acceptors (Lipinski definition) is 4. The molecule has 1 saturated heterocycles. The van der Waals surface area contributed by atoms with Crippen molar-refractivity contribution < 1.29 is 5.11 Å². The van der Waals surface area contributed by atoms with Gasteiger partial charge < -0.3 is 10.0 Å². The monoisotopic (exact) mass is 210 g/mol. The molecule has 0 unspecified atom stereocenters. The molecule has 5 heteroatoms. The van der Waals surface area contributed by atoms with E-state index in [0.717, 1.165) is 26.1 Å². The molecule has 1 aliphatic rings. The van der Waals surface area contributed by atoms with E-state index in [4.69, 9.17) is 5.11 Å². The van der Waals surface area contributed by atoms with E-state index in [1.807, 2.05) is 10.9 Å².